The van der Waals surface area contributed by atoms with Crippen LogP contribution in [0, 0.1) is 17.6 Å². The molecule has 0 bridgehead atoms. The molecule has 3 rings (SSSR count). The number of aromatic amines is 1. The van der Waals surface area contributed by atoms with Crippen molar-refractivity contribution >= 4 is 17.5 Å². The third-order valence-electron chi connectivity index (χ3n) is 4.27. The molecule has 1 atom stereocenters. The van der Waals surface area contributed by atoms with Gasteiger partial charge in [-0.25, -0.2) is 13.6 Å². The van der Waals surface area contributed by atoms with Crippen molar-refractivity contribution in [3.8, 4) is 11.4 Å². The molecule has 0 spiro atoms. The van der Waals surface area contributed by atoms with Crippen LogP contribution in [-0.4, -0.2) is 28.0 Å². The summed E-state index contributed by atoms with van der Waals surface area (Å²) in [5.74, 6) is -4.58. The molecule has 3 aromatic rings. The van der Waals surface area contributed by atoms with Gasteiger partial charge in [0.15, 0.2) is 5.82 Å². The minimum atomic E-state index is -1.06. The van der Waals surface area contributed by atoms with E-state index >= 15 is 0 Å². The first-order chi connectivity index (χ1) is 14.3. The molecule has 0 radical (unpaired) electrons. The number of aromatic nitrogens is 2. The topological polar surface area (TPSA) is 117 Å². The summed E-state index contributed by atoms with van der Waals surface area (Å²) in [6.07, 6.45) is 0. The second kappa shape index (κ2) is 8.68. The average Bonchev–Trinajstić information content (AvgIpc) is 3.12. The molecule has 1 aromatic heterocycles. The van der Waals surface area contributed by atoms with Crippen molar-refractivity contribution in [1.29, 1.82) is 0 Å². The Balaban J connectivity index is 1.78. The lowest BCUT2D eigenvalue weighted by atomic mass is 10.0. The number of rotatable bonds is 6. The van der Waals surface area contributed by atoms with Gasteiger partial charge in [0.2, 0.25) is 5.91 Å². The summed E-state index contributed by atoms with van der Waals surface area (Å²) in [4.78, 5) is 38.6. The van der Waals surface area contributed by atoms with Crippen LogP contribution in [0.4, 0.5) is 14.5 Å². The number of nitrogens with zero attached hydrogens (tertiary/aromatic N) is 1. The summed E-state index contributed by atoms with van der Waals surface area (Å²) < 4.78 is 32.2. The van der Waals surface area contributed by atoms with Gasteiger partial charge in [0.1, 0.15) is 23.2 Å². The fourth-order valence-electron chi connectivity index (χ4n) is 2.78. The van der Waals surface area contributed by atoms with Gasteiger partial charge < -0.3 is 10.6 Å². The van der Waals surface area contributed by atoms with Crippen molar-refractivity contribution < 1.29 is 22.9 Å². The fraction of sp³-hybridized carbons (Fsp3) is 0.200. The van der Waals surface area contributed by atoms with Gasteiger partial charge in [-0.2, -0.15) is 0 Å². The lowest BCUT2D eigenvalue weighted by Gasteiger charge is -2.22. The Labute approximate surface area is 169 Å². The highest BCUT2D eigenvalue weighted by atomic mass is 19.1. The van der Waals surface area contributed by atoms with Gasteiger partial charge in [-0.1, -0.05) is 37.2 Å². The zero-order chi connectivity index (χ0) is 21.8. The maximum atomic E-state index is 13.9. The van der Waals surface area contributed by atoms with Crippen LogP contribution in [0.15, 0.2) is 51.8 Å². The Bertz CT molecular complexity index is 1120. The van der Waals surface area contributed by atoms with Crippen molar-refractivity contribution in [3.63, 3.8) is 0 Å². The van der Waals surface area contributed by atoms with Crippen molar-refractivity contribution in [2.24, 2.45) is 5.92 Å². The Hall–Kier alpha value is -3.82. The Kier molecular flexibility index (Phi) is 6.05. The molecule has 10 heteroatoms. The van der Waals surface area contributed by atoms with E-state index in [1.807, 2.05) is 0 Å². The number of amides is 2. The predicted octanol–water partition coefficient (Wildman–Crippen LogP) is 2.70. The number of H-pyrrole nitrogens is 1. The van der Waals surface area contributed by atoms with Gasteiger partial charge >= 0.3 is 5.76 Å². The molecule has 8 nitrogen and oxygen atoms in total. The van der Waals surface area contributed by atoms with Crippen LogP contribution in [0.3, 0.4) is 0 Å². The van der Waals surface area contributed by atoms with Crippen LogP contribution in [0.25, 0.3) is 11.4 Å². The minimum Gasteiger partial charge on any atom is -0.340 e. The number of nitrogens with one attached hydrogen (secondary N) is 3. The molecule has 0 saturated heterocycles. The lowest BCUT2D eigenvalue weighted by molar-refractivity contribution is -0.118. The quantitative estimate of drug-likeness (QED) is 0.571. The molecule has 1 heterocycles. The molecule has 0 aliphatic rings. The van der Waals surface area contributed by atoms with E-state index in [1.165, 1.54) is 0 Å². The number of carbonyl (C=O) groups is 2. The van der Waals surface area contributed by atoms with Crippen molar-refractivity contribution in [2.45, 2.75) is 19.9 Å². The molecule has 0 fully saturated rings. The largest absolute Gasteiger partial charge is 0.439 e. The van der Waals surface area contributed by atoms with Crippen LogP contribution < -0.4 is 16.4 Å². The van der Waals surface area contributed by atoms with E-state index < -0.39 is 40.8 Å². The molecular formula is C20H18F2N4O4. The summed E-state index contributed by atoms with van der Waals surface area (Å²) in [5.41, 5.74) is 0.0865. The fourth-order valence-corrected chi connectivity index (χ4v) is 2.78. The molecule has 0 aliphatic carbocycles. The van der Waals surface area contributed by atoms with E-state index in [0.29, 0.717) is 11.3 Å². The highest BCUT2D eigenvalue weighted by Gasteiger charge is 2.27. The molecule has 0 aliphatic heterocycles. The number of hydrogen-bond donors (Lipinski definition) is 3. The monoisotopic (exact) mass is 416 g/mol. The maximum absolute atomic E-state index is 13.9. The summed E-state index contributed by atoms with van der Waals surface area (Å²) in [6, 6.07) is 8.40. The molecule has 156 valence electrons. The van der Waals surface area contributed by atoms with E-state index in [-0.39, 0.29) is 11.7 Å². The number of carbonyl (C=O) groups excluding carboxylic acids is 2. The molecule has 0 saturated carbocycles. The van der Waals surface area contributed by atoms with Crippen LogP contribution in [0.5, 0.6) is 0 Å². The molecule has 3 N–H and O–H groups in total. The van der Waals surface area contributed by atoms with E-state index in [9.17, 15) is 23.2 Å². The van der Waals surface area contributed by atoms with Gasteiger partial charge in [0.25, 0.3) is 5.91 Å². The second-order valence-corrected chi connectivity index (χ2v) is 6.81. The third kappa shape index (κ3) is 4.59. The predicted molar refractivity (Wildman–Crippen MR) is 104 cm³/mol. The summed E-state index contributed by atoms with van der Waals surface area (Å²) in [7, 11) is 0. The van der Waals surface area contributed by atoms with Gasteiger partial charge in [0.05, 0.1) is 0 Å². The zero-order valence-corrected chi connectivity index (χ0v) is 16.0. The SMILES string of the molecule is CC(C)C(NC(=O)c1c(F)cccc1F)C(=O)Nc1cccc(-c2noc(=O)[nH]2)c1. The maximum Gasteiger partial charge on any atom is 0.439 e. The summed E-state index contributed by atoms with van der Waals surface area (Å²) >= 11 is 0. The highest BCUT2D eigenvalue weighted by Crippen LogP contribution is 2.19. The smallest absolute Gasteiger partial charge is 0.340 e. The first-order valence-corrected chi connectivity index (χ1v) is 8.98. The molecular weight excluding hydrogens is 398 g/mol. The van der Waals surface area contributed by atoms with Gasteiger partial charge in [0, 0.05) is 11.3 Å². The third-order valence-corrected chi connectivity index (χ3v) is 4.27. The summed E-state index contributed by atoms with van der Waals surface area (Å²) in [6.45, 7) is 3.36. The van der Waals surface area contributed by atoms with Crippen molar-refractivity contribution in [2.75, 3.05) is 5.32 Å². The van der Waals surface area contributed by atoms with Crippen LogP contribution in [0.2, 0.25) is 0 Å². The standard InChI is InChI=1S/C20H18F2N4O4/c1-10(2)16(24-18(27)15-13(21)7-4-8-14(15)22)19(28)23-12-6-3-5-11(9-12)17-25-20(29)30-26-17/h3-10,16H,1-2H3,(H,23,28)(H,24,27)(H,25,26,29). The Morgan fingerprint density at radius 1 is 1.10 bits per heavy atom. The molecule has 2 amide bonds. The number of halogens is 2. The number of benzene rings is 2. The first kappa shape index (κ1) is 20.9. The van der Waals surface area contributed by atoms with Gasteiger partial charge in [-0.15, -0.1) is 0 Å². The van der Waals surface area contributed by atoms with Crippen molar-refractivity contribution in [1.82, 2.24) is 15.5 Å². The van der Waals surface area contributed by atoms with E-state index in [4.69, 9.17) is 0 Å². The highest BCUT2D eigenvalue weighted by molar-refractivity contribution is 6.01. The number of hydrogen-bond acceptors (Lipinski definition) is 5. The normalized spacial score (nSPS) is 11.9. The van der Waals surface area contributed by atoms with E-state index in [2.05, 4.69) is 25.3 Å². The lowest BCUT2D eigenvalue weighted by Crippen LogP contribution is -2.47. The first-order valence-electron chi connectivity index (χ1n) is 8.98. The minimum absolute atomic E-state index is 0.180. The molecule has 30 heavy (non-hydrogen) atoms. The van der Waals surface area contributed by atoms with Crippen LogP contribution in [-0.2, 0) is 4.79 Å². The van der Waals surface area contributed by atoms with Crippen LogP contribution in [0.1, 0.15) is 24.2 Å². The van der Waals surface area contributed by atoms with Crippen LogP contribution >= 0.6 is 0 Å². The average molecular weight is 416 g/mol. The Morgan fingerprint density at radius 2 is 1.77 bits per heavy atom. The van der Waals surface area contributed by atoms with Crippen molar-refractivity contribution in [3.05, 3.63) is 70.2 Å². The summed E-state index contributed by atoms with van der Waals surface area (Å²) in [5, 5.41) is 8.59. The Morgan fingerprint density at radius 3 is 2.37 bits per heavy atom. The zero-order valence-electron chi connectivity index (χ0n) is 16.0. The molecule has 2 aromatic carbocycles. The number of anilines is 1. The van der Waals surface area contributed by atoms with E-state index in [1.54, 1.807) is 38.1 Å². The van der Waals surface area contributed by atoms with Gasteiger partial charge in [-0.3, -0.25) is 19.1 Å². The van der Waals surface area contributed by atoms with E-state index in [0.717, 1.165) is 18.2 Å². The second-order valence-electron chi connectivity index (χ2n) is 6.81. The molecule has 1 unspecified atom stereocenters. The van der Waals surface area contributed by atoms with Gasteiger partial charge in [-0.05, 0) is 30.2 Å².